The number of fused-ring (bicyclic) bond motifs is 1. The van der Waals surface area contributed by atoms with Gasteiger partial charge in [0.2, 0.25) is 15.9 Å². The Labute approximate surface area is 213 Å². The van der Waals surface area contributed by atoms with Crippen LogP contribution in [0.15, 0.2) is 87.6 Å². The van der Waals surface area contributed by atoms with E-state index in [1.807, 2.05) is 0 Å². The maximum atomic E-state index is 13.3. The highest BCUT2D eigenvalue weighted by Crippen LogP contribution is 2.19. The van der Waals surface area contributed by atoms with Gasteiger partial charge in [-0.05, 0) is 61.0 Å². The van der Waals surface area contributed by atoms with Crippen LogP contribution < -0.4 is 20.3 Å². The summed E-state index contributed by atoms with van der Waals surface area (Å²) in [7, 11) is -2.45. The summed E-state index contributed by atoms with van der Waals surface area (Å²) in [4.78, 5) is 29.1. The van der Waals surface area contributed by atoms with Gasteiger partial charge >= 0.3 is 0 Å². The molecule has 0 aliphatic rings. The molecule has 1 amide bonds. The number of anilines is 1. The molecule has 1 atom stereocenters. The molecule has 0 fully saturated rings. The Morgan fingerprint density at radius 2 is 1.81 bits per heavy atom. The van der Waals surface area contributed by atoms with E-state index in [4.69, 9.17) is 4.74 Å². The fourth-order valence-electron chi connectivity index (χ4n) is 3.65. The highest BCUT2D eigenvalue weighted by molar-refractivity contribution is 7.89. The SMILES string of the molecule is COc1cccc(/C=N/n2c(C(C)NS(=O)(=O)c3ccc(NC(C)=O)cc3)nc3ccccc3c2=O)c1. The summed E-state index contributed by atoms with van der Waals surface area (Å²) < 4.78 is 35.1. The zero-order valence-electron chi connectivity index (χ0n) is 20.4. The number of hydrogen-bond acceptors (Lipinski definition) is 7. The van der Waals surface area contributed by atoms with E-state index in [9.17, 15) is 18.0 Å². The van der Waals surface area contributed by atoms with Crippen molar-refractivity contribution in [1.82, 2.24) is 14.4 Å². The summed E-state index contributed by atoms with van der Waals surface area (Å²) >= 11 is 0. The third-order valence-corrected chi connectivity index (χ3v) is 6.96. The number of para-hydroxylation sites is 1. The first kappa shape index (κ1) is 25.7. The number of nitrogens with zero attached hydrogens (tertiary/aromatic N) is 3. The molecule has 0 saturated heterocycles. The molecule has 1 unspecified atom stereocenters. The predicted octanol–water partition coefficient (Wildman–Crippen LogP) is 3.29. The number of carbonyl (C=O) groups is 1. The lowest BCUT2D eigenvalue weighted by molar-refractivity contribution is -0.114. The van der Waals surface area contributed by atoms with E-state index in [2.05, 4.69) is 20.1 Å². The van der Waals surface area contributed by atoms with Crippen molar-refractivity contribution in [2.24, 2.45) is 5.10 Å². The van der Waals surface area contributed by atoms with Gasteiger partial charge < -0.3 is 10.1 Å². The minimum absolute atomic E-state index is 0.0111. The average Bonchev–Trinajstić information content (AvgIpc) is 2.88. The van der Waals surface area contributed by atoms with Gasteiger partial charge in [-0.25, -0.2) is 18.1 Å². The van der Waals surface area contributed by atoms with Crippen molar-refractivity contribution >= 4 is 38.7 Å². The van der Waals surface area contributed by atoms with Gasteiger partial charge in [-0.3, -0.25) is 9.59 Å². The van der Waals surface area contributed by atoms with Gasteiger partial charge in [-0.1, -0.05) is 24.3 Å². The average molecular weight is 520 g/mol. The molecule has 3 aromatic carbocycles. The summed E-state index contributed by atoms with van der Waals surface area (Å²) in [5.74, 6) is 0.470. The quantitative estimate of drug-likeness (QED) is 0.344. The van der Waals surface area contributed by atoms with Crippen molar-refractivity contribution < 1.29 is 17.9 Å². The Kier molecular flexibility index (Phi) is 7.46. The number of rotatable bonds is 8. The number of sulfonamides is 1. The number of carbonyl (C=O) groups excluding carboxylic acids is 1. The standard InChI is InChI=1S/C26H25N5O5S/c1-17(30-37(34,35)22-13-11-20(12-14-22)28-18(2)32)25-29-24-10-5-4-9-23(24)26(33)31(25)27-16-19-7-6-8-21(15-19)36-3/h4-17,30H,1-3H3,(H,28,32)/b27-16+. The largest absolute Gasteiger partial charge is 0.497 e. The molecule has 2 N–H and O–H groups in total. The van der Waals surface area contributed by atoms with Gasteiger partial charge in [0.25, 0.3) is 5.56 Å². The highest BCUT2D eigenvalue weighted by atomic mass is 32.2. The van der Waals surface area contributed by atoms with Gasteiger partial charge in [0.05, 0.1) is 35.2 Å². The van der Waals surface area contributed by atoms with Crippen molar-refractivity contribution in [3.05, 3.63) is 94.5 Å². The van der Waals surface area contributed by atoms with Crippen LogP contribution in [0.5, 0.6) is 5.75 Å². The summed E-state index contributed by atoms with van der Waals surface area (Å²) in [5, 5.41) is 7.29. The van der Waals surface area contributed by atoms with Crippen molar-refractivity contribution in [2.45, 2.75) is 24.8 Å². The lowest BCUT2D eigenvalue weighted by Crippen LogP contribution is -2.32. The van der Waals surface area contributed by atoms with Crippen LogP contribution in [0, 0.1) is 0 Å². The van der Waals surface area contributed by atoms with Crippen LogP contribution in [0.1, 0.15) is 31.3 Å². The molecular formula is C26H25N5O5S. The predicted molar refractivity (Wildman–Crippen MR) is 141 cm³/mol. The fourth-order valence-corrected chi connectivity index (χ4v) is 4.85. The highest BCUT2D eigenvalue weighted by Gasteiger charge is 2.23. The van der Waals surface area contributed by atoms with Crippen molar-refractivity contribution in [2.75, 3.05) is 12.4 Å². The Bertz CT molecular complexity index is 1650. The number of aromatic nitrogens is 2. The normalized spacial score (nSPS) is 12.5. The second-order valence-corrected chi connectivity index (χ2v) is 9.89. The minimum Gasteiger partial charge on any atom is -0.497 e. The molecule has 0 aliphatic heterocycles. The van der Waals surface area contributed by atoms with E-state index >= 15 is 0 Å². The number of nitrogens with one attached hydrogen (secondary N) is 2. The first-order valence-electron chi connectivity index (χ1n) is 11.3. The van der Waals surface area contributed by atoms with Crippen LogP contribution in [0.2, 0.25) is 0 Å². The van der Waals surface area contributed by atoms with Crippen LogP contribution in [-0.4, -0.2) is 37.3 Å². The van der Waals surface area contributed by atoms with Crippen LogP contribution in [-0.2, 0) is 14.8 Å². The minimum atomic E-state index is -4.00. The molecule has 190 valence electrons. The molecule has 0 bridgehead atoms. The smallest absolute Gasteiger partial charge is 0.282 e. The van der Waals surface area contributed by atoms with Crippen LogP contribution in [0.3, 0.4) is 0 Å². The third-order valence-electron chi connectivity index (χ3n) is 5.40. The van der Waals surface area contributed by atoms with Crippen LogP contribution >= 0.6 is 0 Å². The maximum Gasteiger partial charge on any atom is 0.282 e. The molecule has 0 radical (unpaired) electrons. The Hall–Kier alpha value is -4.35. The topological polar surface area (TPSA) is 132 Å². The number of benzene rings is 3. The second-order valence-electron chi connectivity index (χ2n) is 8.17. The molecule has 0 aliphatic carbocycles. The second kappa shape index (κ2) is 10.7. The zero-order chi connectivity index (χ0) is 26.6. The molecule has 11 heteroatoms. The maximum absolute atomic E-state index is 13.3. The zero-order valence-corrected chi connectivity index (χ0v) is 21.2. The van der Waals surface area contributed by atoms with Crippen molar-refractivity contribution in [1.29, 1.82) is 0 Å². The van der Waals surface area contributed by atoms with Gasteiger partial charge in [0.15, 0.2) is 5.82 Å². The Balaban J connectivity index is 1.72. The number of hydrogen-bond donors (Lipinski definition) is 2. The molecule has 37 heavy (non-hydrogen) atoms. The Morgan fingerprint density at radius 1 is 1.08 bits per heavy atom. The van der Waals surface area contributed by atoms with Gasteiger partial charge in [-0.15, -0.1) is 0 Å². The van der Waals surface area contributed by atoms with Gasteiger partial charge in [0.1, 0.15) is 5.75 Å². The van der Waals surface area contributed by atoms with Crippen LogP contribution in [0.4, 0.5) is 5.69 Å². The molecule has 4 aromatic rings. The molecule has 10 nitrogen and oxygen atoms in total. The van der Waals surface area contributed by atoms with Gasteiger partial charge in [0, 0.05) is 12.6 Å². The van der Waals surface area contributed by atoms with E-state index in [0.29, 0.717) is 27.9 Å². The van der Waals surface area contributed by atoms with E-state index in [-0.39, 0.29) is 16.6 Å². The van der Waals surface area contributed by atoms with Crippen molar-refractivity contribution in [3.8, 4) is 5.75 Å². The van der Waals surface area contributed by atoms with E-state index in [0.717, 1.165) is 4.68 Å². The lowest BCUT2D eigenvalue weighted by atomic mass is 10.2. The molecule has 0 spiro atoms. The number of methoxy groups -OCH3 is 1. The van der Waals surface area contributed by atoms with Crippen molar-refractivity contribution in [3.63, 3.8) is 0 Å². The summed E-state index contributed by atoms with van der Waals surface area (Å²) in [5.41, 5.74) is 1.13. The molecule has 1 aromatic heterocycles. The van der Waals surface area contributed by atoms with E-state index < -0.39 is 21.6 Å². The monoisotopic (exact) mass is 519 g/mol. The number of amides is 1. The first-order valence-corrected chi connectivity index (χ1v) is 12.8. The van der Waals surface area contributed by atoms with E-state index in [1.165, 1.54) is 37.4 Å². The molecular weight excluding hydrogens is 494 g/mol. The first-order chi connectivity index (χ1) is 17.7. The van der Waals surface area contributed by atoms with Crippen LogP contribution in [0.25, 0.3) is 10.9 Å². The summed E-state index contributed by atoms with van der Waals surface area (Å²) in [6, 6.07) is 18.7. The molecule has 1 heterocycles. The molecule has 4 rings (SSSR count). The molecule has 0 saturated carbocycles. The summed E-state index contributed by atoms with van der Waals surface area (Å²) in [6.07, 6.45) is 1.48. The fraction of sp³-hybridized carbons (Fsp3) is 0.154. The van der Waals surface area contributed by atoms with E-state index in [1.54, 1.807) is 62.6 Å². The lowest BCUT2D eigenvalue weighted by Gasteiger charge is -2.17. The third kappa shape index (κ3) is 5.90. The van der Waals surface area contributed by atoms with Gasteiger partial charge in [-0.2, -0.15) is 9.78 Å². The summed E-state index contributed by atoms with van der Waals surface area (Å²) in [6.45, 7) is 2.94. The Morgan fingerprint density at radius 3 is 2.51 bits per heavy atom. The number of ether oxygens (including phenoxy) is 1.